The summed E-state index contributed by atoms with van der Waals surface area (Å²) >= 11 is 0. The maximum Gasteiger partial charge on any atom is 0.411 e. The van der Waals surface area contributed by atoms with Gasteiger partial charge in [-0.25, -0.2) is 4.79 Å². The summed E-state index contributed by atoms with van der Waals surface area (Å²) in [6.07, 6.45) is 4.15. The molecule has 0 aromatic heterocycles. The Bertz CT molecular complexity index is 266. The third-order valence-electron chi connectivity index (χ3n) is 2.11. The monoisotopic (exact) mass is 212 g/mol. The van der Waals surface area contributed by atoms with Crippen LogP contribution in [0.4, 0.5) is 4.79 Å². The fraction of sp³-hybridized carbons (Fsp3) is 0.727. The van der Waals surface area contributed by atoms with E-state index in [4.69, 9.17) is 10.5 Å². The van der Waals surface area contributed by atoms with Gasteiger partial charge in [0.1, 0.15) is 5.60 Å². The summed E-state index contributed by atoms with van der Waals surface area (Å²) in [6.45, 7) is 5.53. The molecule has 1 aliphatic carbocycles. The van der Waals surface area contributed by atoms with E-state index >= 15 is 0 Å². The predicted octanol–water partition coefficient (Wildman–Crippen LogP) is 1.91. The maximum absolute atomic E-state index is 11.4. The van der Waals surface area contributed by atoms with Gasteiger partial charge in [-0.05, 0) is 40.0 Å². The first-order valence-electron chi connectivity index (χ1n) is 5.31. The maximum atomic E-state index is 11.4. The van der Waals surface area contributed by atoms with E-state index in [-0.39, 0.29) is 12.1 Å². The highest BCUT2D eigenvalue weighted by molar-refractivity contribution is 5.70. The molecule has 0 spiro atoms. The zero-order chi connectivity index (χ0) is 11.5. The highest BCUT2D eigenvalue weighted by Gasteiger charge is 2.18. The van der Waals surface area contributed by atoms with E-state index in [0.717, 1.165) is 25.0 Å². The van der Waals surface area contributed by atoms with Crippen molar-refractivity contribution in [2.75, 3.05) is 0 Å². The Balaban J connectivity index is 2.39. The molecule has 0 heterocycles. The average molecular weight is 212 g/mol. The van der Waals surface area contributed by atoms with Gasteiger partial charge in [-0.2, -0.15) is 0 Å². The van der Waals surface area contributed by atoms with Gasteiger partial charge in [0, 0.05) is 11.7 Å². The summed E-state index contributed by atoms with van der Waals surface area (Å²) in [5.41, 5.74) is 6.21. The van der Waals surface area contributed by atoms with E-state index in [9.17, 15) is 4.79 Å². The second kappa shape index (κ2) is 4.66. The van der Waals surface area contributed by atoms with Crippen molar-refractivity contribution >= 4 is 6.09 Å². The van der Waals surface area contributed by atoms with Gasteiger partial charge >= 0.3 is 6.09 Å². The number of ether oxygens (including phenoxy) is 1. The molecule has 86 valence electrons. The number of carbonyl (C=O) groups excluding carboxylic acids is 1. The highest BCUT2D eigenvalue weighted by atomic mass is 16.6. The molecule has 1 atom stereocenters. The van der Waals surface area contributed by atoms with E-state index < -0.39 is 5.60 Å². The van der Waals surface area contributed by atoms with Gasteiger partial charge in [0.15, 0.2) is 0 Å². The Morgan fingerprint density at radius 2 is 2.27 bits per heavy atom. The Morgan fingerprint density at radius 3 is 2.73 bits per heavy atom. The van der Waals surface area contributed by atoms with Crippen LogP contribution in [0.15, 0.2) is 11.8 Å². The lowest BCUT2D eigenvalue weighted by molar-refractivity contribution is 0.0543. The largest absolute Gasteiger partial charge is 0.444 e. The summed E-state index contributed by atoms with van der Waals surface area (Å²) in [7, 11) is 0. The van der Waals surface area contributed by atoms with Gasteiger partial charge in [-0.15, -0.1) is 0 Å². The lowest BCUT2D eigenvalue weighted by Crippen LogP contribution is -2.34. The van der Waals surface area contributed by atoms with Gasteiger partial charge in [0.05, 0.1) is 0 Å². The van der Waals surface area contributed by atoms with Crippen molar-refractivity contribution in [3.8, 4) is 0 Å². The van der Waals surface area contributed by atoms with Crippen LogP contribution in [0, 0.1) is 0 Å². The third kappa shape index (κ3) is 4.83. The zero-order valence-electron chi connectivity index (χ0n) is 9.67. The Hall–Kier alpha value is -1.03. The minimum Gasteiger partial charge on any atom is -0.444 e. The molecule has 0 radical (unpaired) electrons. The molecule has 0 fully saturated rings. The van der Waals surface area contributed by atoms with Crippen LogP contribution in [0.25, 0.3) is 0 Å². The molecule has 1 unspecified atom stereocenters. The van der Waals surface area contributed by atoms with Crippen molar-refractivity contribution in [1.29, 1.82) is 0 Å². The molecule has 3 N–H and O–H groups in total. The van der Waals surface area contributed by atoms with Gasteiger partial charge in [0.25, 0.3) is 0 Å². The molecular formula is C11H20N2O2. The molecule has 1 rings (SSSR count). The summed E-state index contributed by atoms with van der Waals surface area (Å²) in [6, 6.07) is 0.231. The quantitative estimate of drug-likeness (QED) is 0.697. The number of carbonyl (C=O) groups is 1. The Labute approximate surface area is 90.9 Å². The molecule has 0 aliphatic heterocycles. The van der Waals surface area contributed by atoms with Crippen molar-refractivity contribution in [3.63, 3.8) is 0 Å². The summed E-state index contributed by atoms with van der Waals surface area (Å²) < 4.78 is 5.15. The third-order valence-corrected chi connectivity index (χ3v) is 2.11. The van der Waals surface area contributed by atoms with Crippen LogP contribution in [0.2, 0.25) is 0 Å². The Kier molecular flexibility index (Phi) is 3.74. The Morgan fingerprint density at radius 1 is 1.60 bits per heavy atom. The molecule has 0 aromatic rings. The first-order chi connectivity index (χ1) is 6.87. The standard InChI is InChI=1S/C11H20N2O2/c1-11(2,3)15-10(14)13-9-6-4-8(12)5-7-9/h6,8H,4-5,7,12H2,1-3H3,(H,13,14). The van der Waals surface area contributed by atoms with Gasteiger partial charge in [-0.3, -0.25) is 5.32 Å². The van der Waals surface area contributed by atoms with Crippen LogP contribution in [-0.2, 0) is 4.74 Å². The van der Waals surface area contributed by atoms with Crippen molar-refractivity contribution in [3.05, 3.63) is 11.8 Å². The molecule has 4 heteroatoms. The molecule has 0 aromatic carbocycles. The van der Waals surface area contributed by atoms with Crippen molar-refractivity contribution in [2.24, 2.45) is 5.73 Å². The van der Waals surface area contributed by atoms with Crippen LogP contribution < -0.4 is 11.1 Å². The lowest BCUT2D eigenvalue weighted by atomic mass is 10.0. The molecular weight excluding hydrogens is 192 g/mol. The fourth-order valence-electron chi connectivity index (χ4n) is 1.40. The molecule has 15 heavy (non-hydrogen) atoms. The lowest BCUT2D eigenvalue weighted by Gasteiger charge is -2.22. The molecule has 4 nitrogen and oxygen atoms in total. The summed E-state index contributed by atoms with van der Waals surface area (Å²) in [4.78, 5) is 11.4. The topological polar surface area (TPSA) is 64.3 Å². The van der Waals surface area contributed by atoms with Crippen molar-refractivity contribution in [1.82, 2.24) is 5.32 Å². The summed E-state index contributed by atoms with van der Waals surface area (Å²) in [5.74, 6) is 0. The van der Waals surface area contributed by atoms with E-state index in [1.807, 2.05) is 26.8 Å². The molecule has 1 amide bonds. The minimum atomic E-state index is -0.449. The number of nitrogens with two attached hydrogens (primary N) is 1. The van der Waals surface area contributed by atoms with Crippen LogP contribution in [0.1, 0.15) is 40.0 Å². The minimum absolute atomic E-state index is 0.231. The molecule has 0 bridgehead atoms. The van der Waals surface area contributed by atoms with E-state index in [1.165, 1.54) is 0 Å². The highest BCUT2D eigenvalue weighted by Crippen LogP contribution is 2.15. The smallest absolute Gasteiger partial charge is 0.411 e. The van der Waals surface area contributed by atoms with E-state index in [2.05, 4.69) is 5.32 Å². The second-order valence-electron chi connectivity index (χ2n) is 4.89. The van der Waals surface area contributed by atoms with Gasteiger partial charge in [-0.1, -0.05) is 6.08 Å². The van der Waals surface area contributed by atoms with Crippen LogP contribution in [-0.4, -0.2) is 17.7 Å². The molecule has 1 aliphatic rings. The molecule has 0 saturated heterocycles. The number of amides is 1. The number of hydrogen-bond acceptors (Lipinski definition) is 3. The predicted molar refractivity (Wildman–Crippen MR) is 59.3 cm³/mol. The SMILES string of the molecule is CC(C)(C)OC(=O)NC1=CCC(N)CC1. The number of nitrogens with one attached hydrogen (secondary N) is 1. The van der Waals surface area contributed by atoms with E-state index in [1.54, 1.807) is 0 Å². The summed E-state index contributed by atoms with van der Waals surface area (Å²) in [5, 5.41) is 2.74. The van der Waals surface area contributed by atoms with Crippen LogP contribution >= 0.6 is 0 Å². The van der Waals surface area contributed by atoms with Crippen LogP contribution in [0.5, 0.6) is 0 Å². The van der Waals surface area contributed by atoms with Gasteiger partial charge in [0.2, 0.25) is 0 Å². The first kappa shape index (κ1) is 12.0. The number of rotatable bonds is 1. The number of allylic oxidation sites excluding steroid dienone is 1. The van der Waals surface area contributed by atoms with Crippen LogP contribution in [0.3, 0.4) is 0 Å². The van der Waals surface area contributed by atoms with E-state index in [0.29, 0.717) is 0 Å². The normalized spacial score (nSPS) is 21.9. The fourth-order valence-corrected chi connectivity index (χ4v) is 1.40. The van der Waals surface area contributed by atoms with Gasteiger partial charge < -0.3 is 10.5 Å². The first-order valence-corrected chi connectivity index (χ1v) is 5.31. The van der Waals surface area contributed by atoms with Crippen molar-refractivity contribution in [2.45, 2.75) is 51.7 Å². The second-order valence-corrected chi connectivity index (χ2v) is 4.89. The average Bonchev–Trinajstić information content (AvgIpc) is 2.05. The molecule has 0 saturated carbocycles. The van der Waals surface area contributed by atoms with Crippen molar-refractivity contribution < 1.29 is 9.53 Å². The zero-order valence-corrected chi connectivity index (χ0v) is 9.67. The number of hydrogen-bond donors (Lipinski definition) is 2. The number of alkyl carbamates (subject to hydrolysis) is 1.